The van der Waals surface area contributed by atoms with Crippen molar-refractivity contribution < 1.29 is 5.48 Å². The predicted molar refractivity (Wildman–Crippen MR) is 226 cm³/mol. The molecule has 0 atom stereocenters. The maximum atomic E-state index is 9.60. The zero-order valence-electron chi connectivity index (χ0n) is 33.0. The van der Waals surface area contributed by atoms with E-state index in [9.17, 15) is 5.48 Å². The van der Waals surface area contributed by atoms with Crippen LogP contribution in [0.15, 0.2) is 224 Å². The molecule has 1 nitrogen and oxygen atoms in total. The SMILES string of the molecule is [2H]c1c([2H])c(N(c2cccc(-c3ccc4ccccc4c3)c2)c2ccccc2-c2ccc(-c3ccccc3)cc2)c([2H])c([2H])c1-c1ccc(-c2ccccc2)cc1. The molecular weight excluding hydrogens is 639 g/mol. The van der Waals surface area contributed by atoms with Crippen LogP contribution in [0.3, 0.4) is 0 Å². The molecular formula is C52H37N. The van der Waals surface area contributed by atoms with E-state index in [-0.39, 0.29) is 35.4 Å². The second kappa shape index (κ2) is 14.3. The van der Waals surface area contributed by atoms with E-state index in [1.165, 1.54) is 0 Å². The van der Waals surface area contributed by atoms with Crippen molar-refractivity contribution in [2.45, 2.75) is 0 Å². The summed E-state index contributed by atoms with van der Waals surface area (Å²) in [5.74, 6) is 0. The minimum Gasteiger partial charge on any atom is -0.310 e. The van der Waals surface area contributed by atoms with Gasteiger partial charge in [-0.25, -0.2) is 0 Å². The molecule has 0 saturated carbocycles. The summed E-state index contributed by atoms with van der Waals surface area (Å²) >= 11 is 0. The van der Waals surface area contributed by atoms with Gasteiger partial charge in [0.25, 0.3) is 0 Å². The molecule has 0 saturated heterocycles. The van der Waals surface area contributed by atoms with Crippen LogP contribution in [0.2, 0.25) is 0 Å². The number of para-hydroxylation sites is 1. The molecule has 0 bridgehead atoms. The van der Waals surface area contributed by atoms with Crippen LogP contribution in [0, 0.1) is 0 Å². The average Bonchev–Trinajstić information content (AvgIpc) is 3.28. The Hall–Kier alpha value is -6.96. The summed E-state index contributed by atoms with van der Waals surface area (Å²) in [4.78, 5) is 1.90. The van der Waals surface area contributed by atoms with E-state index in [4.69, 9.17) is 0 Å². The molecule has 1 heteroatoms. The van der Waals surface area contributed by atoms with E-state index in [0.717, 1.165) is 66.7 Å². The highest BCUT2D eigenvalue weighted by Gasteiger charge is 2.18. The highest BCUT2D eigenvalue weighted by atomic mass is 15.1. The van der Waals surface area contributed by atoms with E-state index in [2.05, 4.69) is 78.9 Å². The number of anilines is 3. The first-order chi connectivity index (χ1) is 27.9. The van der Waals surface area contributed by atoms with E-state index in [1.54, 1.807) is 0 Å². The fourth-order valence-electron chi connectivity index (χ4n) is 6.99. The lowest BCUT2D eigenvalue weighted by atomic mass is 9.97. The van der Waals surface area contributed by atoms with Crippen LogP contribution in [0.25, 0.3) is 66.4 Å². The van der Waals surface area contributed by atoms with Crippen molar-refractivity contribution in [3.05, 3.63) is 224 Å². The highest BCUT2D eigenvalue weighted by Crippen LogP contribution is 2.43. The van der Waals surface area contributed by atoms with Gasteiger partial charge in [0.1, 0.15) is 0 Å². The maximum Gasteiger partial charge on any atom is 0.0645 e. The van der Waals surface area contributed by atoms with Crippen molar-refractivity contribution in [3.63, 3.8) is 0 Å². The van der Waals surface area contributed by atoms with Crippen molar-refractivity contribution in [1.29, 1.82) is 0 Å². The van der Waals surface area contributed by atoms with Gasteiger partial charge in [-0.15, -0.1) is 0 Å². The van der Waals surface area contributed by atoms with Crippen molar-refractivity contribution in [2.75, 3.05) is 4.90 Å². The summed E-state index contributed by atoms with van der Waals surface area (Å²) in [6.45, 7) is 0. The van der Waals surface area contributed by atoms with Gasteiger partial charge < -0.3 is 4.90 Å². The number of fused-ring (bicyclic) bond motifs is 1. The minimum atomic E-state index is -0.122. The van der Waals surface area contributed by atoms with Crippen LogP contribution in [0.1, 0.15) is 5.48 Å². The van der Waals surface area contributed by atoms with E-state index < -0.39 is 0 Å². The lowest BCUT2D eigenvalue weighted by Gasteiger charge is -2.28. The maximum absolute atomic E-state index is 9.60. The minimum absolute atomic E-state index is 0.0983. The molecule has 0 spiro atoms. The van der Waals surface area contributed by atoms with Gasteiger partial charge in [-0.3, -0.25) is 0 Å². The fraction of sp³-hybridized carbons (Fsp3) is 0. The van der Waals surface area contributed by atoms with Crippen molar-refractivity contribution >= 4 is 27.8 Å². The summed E-state index contributed by atoms with van der Waals surface area (Å²) < 4.78 is 38.0. The Kier molecular flexibility index (Phi) is 7.50. The predicted octanol–water partition coefficient (Wildman–Crippen LogP) is 14.6. The second-order valence-electron chi connectivity index (χ2n) is 13.1. The van der Waals surface area contributed by atoms with Gasteiger partial charge in [0.15, 0.2) is 0 Å². The molecule has 53 heavy (non-hydrogen) atoms. The van der Waals surface area contributed by atoms with Crippen LogP contribution in [0.4, 0.5) is 17.1 Å². The van der Waals surface area contributed by atoms with Crippen LogP contribution in [-0.4, -0.2) is 0 Å². The normalized spacial score (nSPS) is 12.1. The van der Waals surface area contributed by atoms with Crippen LogP contribution >= 0.6 is 0 Å². The van der Waals surface area contributed by atoms with Gasteiger partial charge >= 0.3 is 0 Å². The number of nitrogens with zero attached hydrogens (tertiary/aromatic N) is 1. The van der Waals surface area contributed by atoms with Gasteiger partial charge in [-0.05, 0) is 97.2 Å². The first-order valence-electron chi connectivity index (χ1n) is 19.8. The lowest BCUT2D eigenvalue weighted by molar-refractivity contribution is 1.28. The Bertz CT molecular complexity index is 2840. The lowest BCUT2D eigenvalue weighted by Crippen LogP contribution is -2.11. The smallest absolute Gasteiger partial charge is 0.0645 e. The van der Waals surface area contributed by atoms with Crippen molar-refractivity contribution in [2.24, 2.45) is 0 Å². The van der Waals surface area contributed by atoms with Gasteiger partial charge in [0, 0.05) is 16.9 Å². The summed E-state index contributed by atoms with van der Waals surface area (Å²) in [6, 6.07) is 66.8. The Morgan fingerprint density at radius 2 is 0.755 bits per heavy atom. The van der Waals surface area contributed by atoms with E-state index in [0.29, 0.717) is 5.56 Å². The molecule has 9 aromatic rings. The van der Waals surface area contributed by atoms with Gasteiger partial charge in [-0.1, -0.05) is 188 Å². The van der Waals surface area contributed by atoms with Gasteiger partial charge in [0.05, 0.1) is 11.2 Å². The first kappa shape index (κ1) is 27.7. The average molecular weight is 680 g/mol. The third-order valence-electron chi connectivity index (χ3n) is 9.75. The topological polar surface area (TPSA) is 3.24 Å². The first-order valence-corrected chi connectivity index (χ1v) is 17.8. The Morgan fingerprint density at radius 1 is 0.283 bits per heavy atom. The number of hydrogen-bond acceptors (Lipinski definition) is 1. The van der Waals surface area contributed by atoms with Crippen molar-refractivity contribution in [3.8, 4) is 55.6 Å². The van der Waals surface area contributed by atoms with E-state index in [1.807, 2.05) is 126 Å². The largest absolute Gasteiger partial charge is 0.310 e. The van der Waals surface area contributed by atoms with Crippen LogP contribution < -0.4 is 4.90 Å². The van der Waals surface area contributed by atoms with Crippen LogP contribution in [-0.2, 0) is 0 Å². The van der Waals surface area contributed by atoms with Gasteiger partial charge in [-0.2, -0.15) is 0 Å². The standard InChI is InChI=1S/C52H37N/c1-3-12-38(13-4-1)41-22-24-43(25-23-41)44-32-34-49(35-33-44)53(50-19-11-18-47(37-50)48-31-28-40-16-7-8-17-46(40)36-48)52-21-10-9-20-51(52)45-29-26-42(27-30-45)39-14-5-2-6-15-39/h1-37H/i32D,33D,34D,35D. The Balaban J connectivity index is 1.21. The fourth-order valence-corrected chi connectivity index (χ4v) is 6.99. The highest BCUT2D eigenvalue weighted by molar-refractivity contribution is 5.91. The monoisotopic (exact) mass is 679 g/mol. The molecule has 0 aliphatic heterocycles. The zero-order valence-corrected chi connectivity index (χ0v) is 29.0. The molecule has 0 N–H and O–H groups in total. The Labute approximate surface area is 317 Å². The van der Waals surface area contributed by atoms with E-state index >= 15 is 0 Å². The third-order valence-corrected chi connectivity index (χ3v) is 9.75. The molecule has 0 heterocycles. The quantitative estimate of drug-likeness (QED) is 0.154. The number of rotatable bonds is 8. The molecule has 0 aliphatic rings. The number of benzene rings is 9. The molecule has 0 aliphatic carbocycles. The summed E-state index contributed by atoms with van der Waals surface area (Å²) in [7, 11) is 0. The Morgan fingerprint density at radius 3 is 1.42 bits per heavy atom. The zero-order chi connectivity index (χ0) is 38.9. The van der Waals surface area contributed by atoms with Gasteiger partial charge in [0.2, 0.25) is 0 Å². The van der Waals surface area contributed by atoms with Crippen molar-refractivity contribution in [1.82, 2.24) is 0 Å². The molecule has 0 unspecified atom stereocenters. The third kappa shape index (κ3) is 6.65. The van der Waals surface area contributed by atoms with Crippen LogP contribution in [0.5, 0.6) is 0 Å². The molecule has 250 valence electrons. The summed E-state index contributed by atoms with van der Waals surface area (Å²) in [5.41, 5.74) is 10.7. The number of hydrogen-bond donors (Lipinski definition) is 0. The molecule has 0 amide bonds. The second-order valence-corrected chi connectivity index (χ2v) is 13.1. The molecule has 9 aromatic carbocycles. The summed E-state index contributed by atoms with van der Waals surface area (Å²) in [6.07, 6.45) is 0. The molecule has 0 aromatic heterocycles. The molecule has 9 rings (SSSR count). The summed E-state index contributed by atoms with van der Waals surface area (Å²) in [5, 5.41) is 2.29. The molecule has 0 radical (unpaired) electrons. The molecule has 0 fully saturated rings.